The molecule has 3 amide bonds. The predicted molar refractivity (Wildman–Crippen MR) is 67.5 cm³/mol. The highest BCUT2D eigenvalue weighted by Gasteiger charge is 2.16. The third-order valence-corrected chi connectivity index (χ3v) is 2.67. The van der Waals surface area contributed by atoms with Gasteiger partial charge in [0.25, 0.3) is 5.91 Å². The summed E-state index contributed by atoms with van der Waals surface area (Å²) >= 11 is 2.06. The molecule has 0 aromatic heterocycles. The van der Waals surface area contributed by atoms with Crippen LogP contribution in [0.3, 0.4) is 0 Å². The lowest BCUT2D eigenvalue weighted by molar-refractivity contribution is 0.0963. The van der Waals surface area contributed by atoms with Gasteiger partial charge in [0.1, 0.15) is 5.75 Å². The molecule has 0 bridgehead atoms. The molecule has 1 rings (SSSR count). The normalized spacial score (nSPS) is 9.69. The van der Waals surface area contributed by atoms with E-state index in [1.165, 1.54) is 7.11 Å². The molecule has 3 N–H and O–H groups in total. The molecule has 0 radical (unpaired) electrons. The number of hydrogen-bond donors (Lipinski definition) is 2. The lowest BCUT2D eigenvalue weighted by atomic mass is 10.1. The number of amides is 3. The van der Waals surface area contributed by atoms with Gasteiger partial charge in [0.15, 0.2) is 0 Å². The minimum absolute atomic E-state index is 0.297. The highest BCUT2D eigenvalue weighted by molar-refractivity contribution is 14.1. The van der Waals surface area contributed by atoms with Gasteiger partial charge in [-0.2, -0.15) is 0 Å². The van der Waals surface area contributed by atoms with Gasteiger partial charge in [-0.05, 0) is 47.2 Å². The molecule has 0 atom stereocenters. The van der Waals surface area contributed by atoms with Crippen LogP contribution in [-0.4, -0.2) is 19.0 Å². The molecule has 6 heteroatoms. The molecule has 0 saturated heterocycles. The first kappa shape index (κ1) is 12.8. The van der Waals surface area contributed by atoms with Crippen molar-refractivity contribution in [3.63, 3.8) is 0 Å². The van der Waals surface area contributed by atoms with Crippen LogP contribution in [0.5, 0.6) is 5.75 Å². The molecule has 0 aliphatic rings. The van der Waals surface area contributed by atoms with Crippen LogP contribution >= 0.6 is 22.6 Å². The van der Waals surface area contributed by atoms with Gasteiger partial charge < -0.3 is 10.5 Å². The monoisotopic (exact) mass is 334 g/mol. The molecular formula is C10H11IN2O3. The van der Waals surface area contributed by atoms with Crippen molar-refractivity contribution >= 4 is 34.5 Å². The van der Waals surface area contributed by atoms with Crippen molar-refractivity contribution in [1.29, 1.82) is 0 Å². The van der Waals surface area contributed by atoms with Crippen molar-refractivity contribution in [2.24, 2.45) is 5.73 Å². The molecule has 5 nitrogen and oxygen atoms in total. The number of aryl methyl sites for hydroxylation is 1. The van der Waals surface area contributed by atoms with Crippen molar-refractivity contribution < 1.29 is 14.3 Å². The Bertz CT molecular complexity index is 446. The number of ether oxygens (including phenoxy) is 1. The van der Waals surface area contributed by atoms with E-state index in [2.05, 4.69) is 22.6 Å². The number of hydrogen-bond acceptors (Lipinski definition) is 3. The number of rotatable bonds is 2. The molecule has 1 aromatic carbocycles. The molecule has 86 valence electrons. The first-order valence-electron chi connectivity index (χ1n) is 4.40. The maximum Gasteiger partial charge on any atom is 0.319 e. The van der Waals surface area contributed by atoms with Crippen LogP contribution in [0.1, 0.15) is 15.9 Å². The summed E-state index contributed by atoms with van der Waals surface area (Å²) < 4.78 is 5.91. The molecule has 16 heavy (non-hydrogen) atoms. The molecule has 1 aromatic rings. The van der Waals surface area contributed by atoms with E-state index < -0.39 is 11.9 Å². The Morgan fingerprint density at radius 1 is 1.44 bits per heavy atom. The van der Waals surface area contributed by atoms with Gasteiger partial charge in [-0.15, -0.1) is 0 Å². The average Bonchev–Trinajstić information content (AvgIpc) is 2.15. The second-order valence-corrected chi connectivity index (χ2v) is 4.31. The van der Waals surface area contributed by atoms with Gasteiger partial charge in [0, 0.05) is 0 Å². The van der Waals surface area contributed by atoms with E-state index in [0.717, 1.165) is 9.13 Å². The fourth-order valence-corrected chi connectivity index (χ4v) is 2.29. The summed E-state index contributed by atoms with van der Waals surface area (Å²) in [6.45, 7) is 1.85. The maximum atomic E-state index is 11.6. The van der Waals surface area contributed by atoms with Crippen molar-refractivity contribution in [2.75, 3.05) is 7.11 Å². The third kappa shape index (κ3) is 2.84. The molecule has 0 spiro atoms. The summed E-state index contributed by atoms with van der Waals surface area (Å²) in [6.07, 6.45) is 0. The van der Waals surface area contributed by atoms with Crippen LogP contribution in [0.15, 0.2) is 12.1 Å². The van der Waals surface area contributed by atoms with Gasteiger partial charge in [0.2, 0.25) is 0 Å². The first-order valence-corrected chi connectivity index (χ1v) is 5.48. The Morgan fingerprint density at radius 2 is 2.06 bits per heavy atom. The SMILES string of the molecule is COc1c(I)cc(C)cc1C(=O)NC(N)=O. The van der Waals surface area contributed by atoms with Crippen LogP contribution in [0, 0.1) is 10.5 Å². The quantitative estimate of drug-likeness (QED) is 0.803. The Morgan fingerprint density at radius 3 is 2.56 bits per heavy atom. The Kier molecular flexibility index (Phi) is 4.11. The maximum absolute atomic E-state index is 11.6. The van der Waals surface area contributed by atoms with E-state index in [4.69, 9.17) is 10.5 Å². The summed E-state index contributed by atoms with van der Waals surface area (Å²) in [5.74, 6) is -0.129. The van der Waals surface area contributed by atoms with Gasteiger partial charge in [-0.1, -0.05) is 0 Å². The Hall–Kier alpha value is -1.31. The molecular weight excluding hydrogens is 323 g/mol. The number of halogens is 1. The molecule has 0 saturated carbocycles. The minimum atomic E-state index is -0.886. The largest absolute Gasteiger partial charge is 0.495 e. The number of primary amides is 1. The highest BCUT2D eigenvalue weighted by Crippen LogP contribution is 2.27. The Labute approximate surface area is 106 Å². The van der Waals surface area contributed by atoms with Crippen molar-refractivity contribution in [1.82, 2.24) is 5.32 Å². The van der Waals surface area contributed by atoms with Crippen LogP contribution in [0.2, 0.25) is 0 Å². The second-order valence-electron chi connectivity index (χ2n) is 3.15. The fourth-order valence-electron chi connectivity index (χ4n) is 1.28. The fraction of sp³-hybridized carbons (Fsp3) is 0.200. The van der Waals surface area contributed by atoms with Crippen molar-refractivity contribution in [3.8, 4) is 5.75 Å². The molecule has 0 fully saturated rings. The number of imide groups is 1. The van der Waals surface area contributed by atoms with E-state index in [0.29, 0.717) is 11.3 Å². The molecule has 0 unspecified atom stereocenters. The minimum Gasteiger partial charge on any atom is -0.495 e. The van der Waals surface area contributed by atoms with Crippen LogP contribution < -0.4 is 15.8 Å². The lowest BCUT2D eigenvalue weighted by Crippen LogP contribution is -2.35. The second kappa shape index (κ2) is 5.15. The van der Waals surface area contributed by atoms with Gasteiger partial charge in [0.05, 0.1) is 16.2 Å². The third-order valence-electron chi connectivity index (χ3n) is 1.87. The molecule has 0 aliphatic carbocycles. The number of benzene rings is 1. The summed E-state index contributed by atoms with van der Waals surface area (Å²) in [7, 11) is 1.47. The average molecular weight is 334 g/mol. The van der Waals surface area contributed by atoms with E-state index in [-0.39, 0.29) is 0 Å². The summed E-state index contributed by atoms with van der Waals surface area (Å²) in [4.78, 5) is 22.2. The molecule has 0 heterocycles. The van der Waals surface area contributed by atoms with Crippen LogP contribution in [0.4, 0.5) is 4.79 Å². The van der Waals surface area contributed by atoms with Gasteiger partial charge in [-0.3, -0.25) is 10.1 Å². The van der Waals surface area contributed by atoms with E-state index in [9.17, 15) is 9.59 Å². The Balaban J connectivity index is 3.20. The first-order chi connectivity index (χ1) is 7.45. The van der Waals surface area contributed by atoms with E-state index in [1.807, 2.05) is 18.3 Å². The van der Waals surface area contributed by atoms with E-state index in [1.54, 1.807) is 6.07 Å². The predicted octanol–water partition coefficient (Wildman–Crippen LogP) is 1.42. The number of methoxy groups -OCH3 is 1. The smallest absolute Gasteiger partial charge is 0.319 e. The number of nitrogens with one attached hydrogen (secondary N) is 1. The summed E-state index contributed by atoms with van der Waals surface area (Å²) in [5.41, 5.74) is 6.08. The van der Waals surface area contributed by atoms with Gasteiger partial charge >= 0.3 is 6.03 Å². The standard InChI is InChI=1S/C10H11IN2O3/c1-5-3-6(9(14)13-10(12)15)8(16-2)7(11)4-5/h3-4H,1-2H3,(H3,12,13,14,15). The van der Waals surface area contributed by atoms with Gasteiger partial charge in [-0.25, -0.2) is 4.79 Å². The van der Waals surface area contributed by atoms with Crippen molar-refractivity contribution in [2.45, 2.75) is 6.92 Å². The van der Waals surface area contributed by atoms with E-state index >= 15 is 0 Å². The number of urea groups is 1. The number of nitrogens with two attached hydrogens (primary N) is 1. The summed E-state index contributed by atoms with van der Waals surface area (Å²) in [6, 6.07) is 2.63. The zero-order valence-electron chi connectivity index (χ0n) is 8.83. The zero-order chi connectivity index (χ0) is 12.3. The van der Waals surface area contributed by atoms with Crippen LogP contribution in [0.25, 0.3) is 0 Å². The van der Waals surface area contributed by atoms with Crippen molar-refractivity contribution in [3.05, 3.63) is 26.8 Å². The number of carbonyl (C=O) groups excluding carboxylic acids is 2. The topological polar surface area (TPSA) is 81.4 Å². The highest BCUT2D eigenvalue weighted by atomic mass is 127. The number of carbonyl (C=O) groups is 2. The summed E-state index contributed by atoms with van der Waals surface area (Å²) in [5, 5.41) is 2.00. The molecule has 0 aliphatic heterocycles. The van der Waals surface area contributed by atoms with Crippen LogP contribution in [-0.2, 0) is 0 Å². The lowest BCUT2D eigenvalue weighted by Gasteiger charge is -2.10. The zero-order valence-corrected chi connectivity index (χ0v) is 11.0.